The molecule has 0 aliphatic rings. The predicted molar refractivity (Wildman–Crippen MR) is 51.1 cm³/mol. The third-order valence-electron chi connectivity index (χ3n) is 0.865. The van der Waals surface area contributed by atoms with Gasteiger partial charge in [0, 0.05) is 12.1 Å². The van der Waals surface area contributed by atoms with Crippen LogP contribution in [0.1, 0.15) is 0 Å². The minimum atomic E-state index is -0.972. The SMILES string of the molecule is C[n+]1ccccc1.[Cl][Pb][Cl].[I-].[I-].[NH4+]. The molecule has 0 fully saturated rings. The summed E-state index contributed by atoms with van der Waals surface area (Å²) in [6.07, 6.45) is 4.00. The van der Waals surface area contributed by atoms with Gasteiger partial charge in [-0.2, -0.15) is 0 Å². The molecule has 0 unspecified atom stereocenters. The van der Waals surface area contributed by atoms with Crippen LogP contribution in [0, 0.1) is 0 Å². The van der Waals surface area contributed by atoms with Gasteiger partial charge in [-0.15, -0.1) is 0 Å². The van der Waals surface area contributed by atoms with Crippen molar-refractivity contribution in [2.45, 2.75) is 0 Å². The monoisotopic (exact) mass is 644 g/mol. The van der Waals surface area contributed by atoms with Crippen molar-refractivity contribution >= 4 is 38.4 Å². The van der Waals surface area contributed by atoms with Crippen LogP contribution in [-0.4, -0.2) is 21.8 Å². The van der Waals surface area contributed by atoms with Crippen molar-refractivity contribution in [2.24, 2.45) is 7.05 Å². The molecule has 13 heavy (non-hydrogen) atoms. The molecule has 2 radical (unpaired) electrons. The van der Waals surface area contributed by atoms with Crippen molar-refractivity contribution in [3.8, 4) is 0 Å². The third kappa shape index (κ3) is 20.2. The zero-order valence-electron chi connectivity index (χ0n) is 7.35. The smallest absolute Gasteiger partial charge is 0.369 e. The van der Waals surface area contributed by atoms with E-state index >= 15 is 0 Å². The topological polar surface area (TPSA) is 40.4 Å². The van der Waals surface area contributed by atoms with Gasteiger partial charge in [0.05, 0.1) is 0 Å². The molecule has 1 aromatic rings. The number of hydrogen-bond acceptors (Lipinski definition) is 0. The Morgan fingerprint density at radius 2 is 1.31 bits per heavy atom. The predicted octanol–water partition coefficient (Wildman–Crippen LogP) is -4.11. The standard InChI is InChI=1S/C6H8N.2ClH.2HI.H3N.Pb/c1-7-5-3-2-4-6-7;;;;;;/h2-6H,1H3;4*1H;1H3;/q+1;;;;;;+2/p-3. The van der Waals surface area contributed by atoms with Crippen LogP contribution in [0.2, 0.25) is 0 Å². The first kappa shape index (κ1) is 24.3. The maximum Gasteiger partial charge on any atom is -0.369 e. The second-order valence-corrected chi connectivity index (χ2v) is 7.18. The Morgan fingerprint density at radius 1 is 1.00 bits per heavy atom. The summed E-state index contributed by atoms with van der Waals surface area (Å²) in [5, 5.41) is 0. The van der Waals surface area contributed by atoms with Gasteiger partial charge in [0.15, 0.2) is 12.4 Å². The Labute approximate surface area is 133 Å². The summed E-state index contributed by atoms with van der Waals surface area (Å²) in [7, 11) is 11.9. The number of hydrogen-bond donors (Lipinski definition) is 1. The van der Waals surface area contributed by atoms with E-state index in [9.17, 15) is 0 Å². The molecule has 1 aromatic heterocycles. The van der Waals surface area contributed by atoms with E-state index in [1.807, 2.05) is 42.2 Å². The number of quaternary nitrogens is 1. The Bertz CT molecular complexity index is 168. The molecule has 78 valence electrons. The van der Waals surface area contributed by atoms with Crippen molar-refractivity contribution in [3.05, 3.63) is 30.6 Å². The molecule has 2 nitrogen and oxygen atoms in total. The van der Waals surface area contributed by atoms with Crippen molar-refractivity contribution in [3.63, 3.8) is 0 Å². The number of pyridine rings is 1. The van der Waals surface area contributed by atoms with E-state index in [1.54, 1.807) is 0 Å². The molecule has 1 rings (SSSR count). The van der Waals surface area contributed by atoms with Crippen LogP contribution in [0.25, 0.3) is 0 Å². The summed E-state index contributed by atoms with van der Waals surface area (Å²) >= 11 is -0.972. The van der Waals surface area contributed by atoms with Gasteiger partial charge in [0.1, 0.15) is 7.05 Å². The molecule has 0 atom stereocenters. The van der Waals surface area contributed by atoms with E-state index in [1.165, 1.54) is 0 Å². The zero-order valence-corrected chi connectivity index (χ0v) is 17.1. The molecule has 4 N–H and O–H groups in total. The second-order valence-electron chi connectivity index (χ2n) is 1.61. The fourth-order valence-corrected chi connectivity index (χ4v) is 0.485. The molecule has 0 bridgehead atoms. The minimum absolute atomic E-state index is 0. The molecule has 0 saturated carbocycles. The molecule has 0 aromatic carbocycles. The van der Waals surface area contributed by atoms with Crippen LogP contribution in [0.15, 0.2) is 30.6 Å². The van der Waals surface area contributed by atoms with Gasteiger partial charge in [0.2, 0.25) is 0 Å². The summed E-state index contributed by atoms with van der Waals surface area (Å²) in [5.74, 6) is 0. The van der Waals surface area contributed by atoms with Gasteiger partial charge in [-0.3, -0.25) is 0 Å². The first-order valence-electron chi connectivity index (χ1n) is 2.67. The minimum Gasteiger partial charge on any atom is -1.00 e. The molecule has 0 aliphatic carbocycles. The van der Waals surface area contributed by atoms with Crippen molar-refractivity contribution in [1.82, 2.24) is 6.15 Å². The second kappa shape index (κ2) is 19.6. The number of rotatable bonds is 0. The first-order valence-corrected chi connectivity index (χ1v) is 12.2. The molecule has 1 heterocycles. The largest absolute Gasteiger partial charge is 1.00 e. The zero-order chi connectivity index (χ0) is 7.82. The molecule has 0 amide bonds. The quantitative estimate of drug-likeness (QED) is 0.170. The Balaban J connectivity index is -0.0000000615. The molecule has 7 heteroatoms. The van der Waals surface area contributed by atoms with Crippen molar-refractivity contribution in [2.75, 3.05) is 0 Å². The van der Waals surface area contributed by atoms with Crippen LogP contribution in [-0.2, 0) is 7.05 Å². The fourth-order valence-electron chi connectivity index (χ4n) is 0.485. The summed E-state index contributed by atoms with van der Waals surface area (Å²) in [4.78, 5) is 0. The summed E-state index contributed by atoms with van der Waals surface area (Å²) in [6.45, 7) is 0. The van der Waals surface area contributed by atoms with Crippen LogP contribution in [0.5, 0.6) is 0 Å². The van der Waals surface area contributed by atoms with Gasteiger partial charge >= 0.3 is 38.4 Å². The first-order chi connectivity index (χ1) is 4.81. The Kier molecular flexibility index (Phi) is 36.7. The van der Waals surface area contributed by atoms with E-state index in [-0.39, 0.29) is 54.1 Å². The van der Waals surface area contributed by atoms with E-state index < -0.39 is 21.8 Å². The van der Waals surface area contributed by atoms with E-state index in [2.05, 4.69) is 0 Å². The van der Waals surface area contributed by atoms with E-state index in [0.29, 0.717) is 0 Å². The van der Waals surface area contributed by atoms with Gasteiger partial charge in [-0.05, 0) is 0 Å². The van der Waals surface area contributed by atoms with E-state index in [4.69, 9.17) is 16.6 Å². The average Bonchev–Trinajstić information content (AvgIpc) is 1.91. The Morgan fingerprint density at radius 3 is 1.46 bits per heavy atom. The summed E-state index contributed by atoms with van der Waals surface area (Å²) in [5.41, 5.74) is 0. The normalized spacial score (nSPS) is 6.08. The Hall–Kier alpha value is 2.07. The van der Waals surface area contributed by atoms with Crippen LogP contribution >= 0.6 is 16.6 Å². The molecule has 0 spiro atoms. The summed E-state index contributed by atoms with van der Waals surface area (Å²) in [6, 6.07) is 6.00. The van der Waals surface area contributed by atoms with Crippen LogP contribution < -0.4 is 58.7 Å². The van der Waals surface area contributed by atoms with Crippen LogP contribution in [0.4, 0.5) is 0 Å². The maximum atomic E-state index is 4.96. The molecule has 0 saturated heterocycles. The van der Waals surface area contributed by atoms with Gasteiger partial charge in [-0.25, -0.2) is 4.57 Å². The maximum absolute atomic E-state index is 4.96. The van der Waals surface area contributed by atoms with Gasteiger partial charge < -0.3 is 54.1 Å². The van der Waals surface area contributed by atoms with Gasteiger partial charge in [-0.1, -0.05) is 6.07 Å². The van der Waals surface area contributed by atoms with Crippen molar-refractivity contribution in [1.29, 1.82) is 0 Å². The number of nitrogens with zero attached hydrogens (tertiary/aromatic N) is 1. The van der Waals surface area contributed by atoms with Crippen molar-refractivity contribution < 1.29 is 52.5 Å². The molecular formula is C6H12Cl2I2N2Pb. The fraction of sp³-hybridized carbons (Fsp3) is 0.167. The molecule has 0 aliphatic heterocycles. The van der Waals surface area contributed by atoms with E-state index in [0.717, 1.165) is 0 Å². The number of halogens is 4. The number of aryl methyl sites for hydroxylation is 1. The third-order valence-corrected chi connectivity index (χ3v) is 0.865. The summed E-state index contributed by atoms with van der Waals surface area (Å²) < 4.78 is 2.00. The number of aromatic nitrogens is 1. The van der Waals surface area contributed by atoms with Gasteiger partial charge in [0.25, 0.3) is 0 Å². The average molecular weight is 644 g/mol. The molecular weight excluding hydrogens is 632 g/mol. The van der Waals surface area contributed by atoms with Crippen LogP contribution in [0.3, 0.4) is 0 Å².